The number of hydrogen-bond donors (Lipinski definition) is 1. The van der Waals surface area contributed by atoms with Gasteiger partial charge >= 0.3 is 0 Å². The van der Waals surface area contributed by atoms with E-state index in [9.17, 15) is 0 Å². The molecule has 0 saturated heterocycles. The molecule has 0 spiro atoms. The van der Waals surface area contributed by atoms with Crippen LogP contribution in [0.25, 0.3) is 0 Å². The number of aliphatic hydroxyl groups excluding tert-OH is 1. The van der Waals surface area contributed by atoms with Gasteiger partial charge in [-0.05, 0) is 35.9 Å². The Kier molecular flexibility index (Phi) is 9.02. The van der Waals surface area contributed by atoms with Crippen LogP contribution in [0.5, 0.6) is 5.75 Å². The summed E-state index contributed by atoms with van der Waals surface area (Å²) in [6.07, 6.45) is 1.76. The van der Waals surface area contributed by atoms with Crippen LogP contribution in [0.3, 0.4) is 0 Å². The molecule has 0 heterocycles. The molecular formula is C17H24O2S. The molecule has 1 atom stereocenters. The number of hydrogen-bond acceptors (Lipinski definition) is 3. The largest absolute Gasteiger partial charge is 0.493 e. The SMILES string of the molecule is CCC(C)CSCCOc1ccc(C#CCCO)cc1. The smallest absolute Gasteiger partial charge is 0.119 e. The highest BCUT2D eigenvalue weighted by molar-refractivity contribution is 7.99. The summed E-state index contributed by atoms with van der Waals surface area (Å²) in [5, 5.41) is 8.65. The lowest BCUT2D eigenvalue weighted by atomic mass is 10.2. The van der Waals surface area contributed by atoms with Gasteiger partial charge in [0.15, 0.2) is 0 Å². The first-order chi connectivity index (χ1) is 9.76. The normalized spacial score (nSPS) is 11.6. The zero-order valence-electron chi connectivity index (χ0n) is 12.4. The molecular weight excluding hydrogens is 268 g/mol. The third-order valence-corrected chi connectivity index (χ3v) is 4.18. The van der Waals surface area contributed by atoms with Crippen molar-refractivity contribution in [3.05, 3.63) is 29.8 Å². The molecule has 1 N–H and O–H groups in total. The zero-order valence-corrected chi connectivity index (χ0v) is 13.2. The Hall–Kier alpha value is -1.11. The summed E-state index contributed by atoms with van der Waals surface area (Å²) in [5.41, 5.74) is 0.956. The summed E-state index contributed by atoms with van der Waals surface area (Å²) in [6.45, 7) is 5.37. The van der Waals surface area contributed by atoms with Crippen LogP contribution in [0.2, 0.25) is 0 Å². The Bertz CT molecular complexity index is 417. The van der Waals surface area contributed by atoms with Crippen molar-refractivity contribution >= 4 is 11.8 Å². The Balaban J connectivity index is 2.23. The van der Waals surface area contributed by atoms with Gasteiger partial charge in [-0.3, -0.25) is 0 Å². The predicted molar refractivity (Wildman–Crippen MR) is 87.3 cm³/mol. The molecule has 0 bridgehead atoms. The second kappa shape index (κ2) is 10.7. The third kappa shape index (κ3) is 7.47. The lowest BCUT2D eigenvalue weighted by molar-refractivity contribution is 0.305. The Morgan fingerprint density at radius 2 is 2.05 bits per heavy atom. The lowest BCUT2D eigenvalue weighted by Gasteiger charge is -2.09. The van der Waals surface area contributed by atoms with E-state index >= 15 is 0 Å². The molecule has 3 heteroatoms. The van der Waals surface area contributed by atoms with Crippen LogP contribution < -0.4 is 4.74 Å². The van der Waals surface area contributed by atoms with Crippen molar-refractivity contribution in [2.24, 2.45) is 5.92 Å². The van der Waals surface area contributed by atoms with Gasteiger partial charge in [-0.1, -0.05) is 32.1 Å². The van der Waals surface area contributed by atoms with Crippen molar-refractivity contribution in [2.75, 3.05) is 24.7 Å². The number of thioether (sulfide) groups is 1. The van der Waals surface area contributed by atoms with E-state index in [1.54, 1.807) is 0 Å². The minimum absolute atomic E-state index is 0.114. The molecule has 1 rings (SSSR count). The van der Waals surface area contributed by atoms with Gasteiger partial charge in [0.05, 0.1) is 13.2 Å². The predicted octanol–water partition coefficient (Wildman–Crippen LogP) is 3.58. The van der Waals surface area contributed by atoms with Crippen LogP contribution in [0, 0.1) is 17.8 Å². The molecule has 0 radical (unpaired) electrons. The molecule has 0 aliphatic rings. The van der Waals surface area contributed by atoms with E-state index in [2.05, 4.69) is 25.7 Å². The van der Waals surface area contributed by atoms with E-state index < -0.39 is 0 Å². The molecule has 20 heavy (non-hydrogen) atoms. The number of rotatable bonds is 8. The summed E-state index contributed by atoms with van der Waals surface area (Å²) in [4.78, 5) is 0. The molecule has 110 valence electrons. The Morgan fingerprint density at radius 1 is 1.30 bits per heavy atom. The minimum Gasteiger partial charge on any atom is -0.493 e. The number of ether oxygens (including phenoxy) is 1. The fourth-order valence-corrected chi connectivity index (χ4v) is 2.48. The van der Waals surface area contributed by atoms with Gasteiger partial charge < -0.3 is 9.84 Å². The van der Waals surface area contributed by atoms with Gasteiger partial charge in [0, 0.05) is 17.7 Å². The van der Waals surface area contributed by atoms with Crippen molar-refractivity contribution in [3.8, 4) is 17.6 Å². The van der Waals surface area contributed by atoms with Crippen LogP contribution in [-0.4, -0.2) is 29.8 Å². The molecule has 0 amide bonds. The zero-order chi connectivity index (χ0) is 14.6. The summed E-state index contributed by atoms with van der Waals surface area (Å²) < 4.78 is 5.69. The maximum Gasteiger partial charge on any atom is 0.119 e. The number of aliphatic hydroxyl groups is 1. The fourth-order valence-electron chi connectivity index (χ4n) is 1.48. The van der Waals surface area contributed by atoms with E-state index in [1.807, 2.05) is 36.0 Å². The summed E-state index contributed by atoms with van der Waals surface area (Å²) in [7, 11) is 0. The Morgan fingerprint density at radius 3 is 2.70 bits per heavy atom. The maximum atomic E-state index is 8.65. The highest BCUT2D eigenvalue weighted by Crippen LogP contribution is 2.14. The van der Waals surface area contributed by atoms with Crippen molar-refractivity contribution in [1.82, 2.24) is 0 Å². The van der Waals surface area contributed by atoms with Gasteiger partial charge in [-0.25, -0.2) is 0 Å². The maximum absolute atomic E-state index is 8.65. The molecule has 1 aromatic rings. The van der Waals surface area contributed by atoms with Crippen LogP contribution in [0.4, 0.5) is 0 Å². The summed E-state index contributed by atoms with van der Waals surface area (Å²) in [5.74, 6) is 9.82. The number of benzene rings is 1. The molecule has 2 nitrogen and oxygen atoms in total. The first kappa shape index (κ1) is 16.9. The summed E-state index contributed by atoms with van der Waals surface area (Å²) in [6, 6.07) is 7.79. The highest BCUT2D eigenvalue weighted by atomic mass is 32.2. The van der Waals surface area contributed by atoms with Gasteiger partial charge in [-0.15, -0.1) is 0 Å². The first-order valence-electron chi connectivity index (χ1n) is 7.16. The molecule has 1 aromatic carbocycles. The molecule has 0 aliphatic heterocycles. The van der Waals surface area contributed by atoms with E-state index in [4.69, 9.17) is 9.84 Å². The van der Waals surface area contributed by atoms with Crippen LogP contribution in [-0.2, 0) is 0 Å². The van der Waals surface area contributed by atoms with Crippen molar-refractivity contribution in [3.63, 3.8) is 0 Å². The second-order valence-corrected chi connectivity index (χ2v) is 5.89. The summed E-state index contributed by atoms with van der Waals surface area (Å²) >= 11 is 1.95. The van der Waals surface area contributed by atoms with Gasteiger partial charge in [0.1, 0.15) is 5.75 Å². The van der Waals surface area contributed by atoms with Crippen LogP contribution in [0.15, 0.2) is 24.3 Å². The quantitative estimate of drug-likeness (QED) is 0.586. The van der Waals surface area contributed by atoms with Crippen LogP contribution in [0.1, 0.15) is 32.3 Å². The second-order valence-electron chi connectivity index (χ2n) is 4.74. The van der Waals surface area contributed by atoms with E-state index in [-0.39, 0.29) is 6.61 Å². The molecule has 1 unspecified atom stereocenters. The molecule has 0 aliphatic carbocycles. The van der Waals surface area contributed by atoms with E-state index in [0.29, 0.717) is 6.42 Å². The van der Waals surface area contributed by atoms with E-state index in [1.165, 1.54) is 12.2 Å². The van der Waals surface area contributed by atoms with Gasteiger partial charge in [0.25, 0.3) is 0 Å². The topological polar surface area (TPSA) is 29.5 Å². The van der Waals surface area contributed by atoms with Crippen molar-refractivity contribution < 1.29 is 9.84 Å². The standard InChI is InChI=1S/C17H24O2S/c1-3-15(2)14-20-13-12-19-17-9-7-16(8-10-17)6-4-5-11-18/h7-10,15,18H,3,5,11-14H2,1-2H3. The average molecular weight is 292 g/mol. The highest BCUT2D eigenvalue weighted by Gasteiger charge is 1.99. The van der Waals surface area contributed by atoms with Crippen molar-refractivity contribution in [1.29, 1.82) is 0 Å². The molecule has 0 saturated carbocycles. The van der Waals surface area contributed by atoms with Crippen molar-refractivity contribution in [2.45, 2.75) is 26.7 Å². The average Bonchev–Trinajstić information content (AvgIpc) is 2.48. The van der Waals surface area contributed by atoms with E-state index in [0.717, 1.165) is 29.6 Å². The minimum atomic E-state index is 0.114. The Labute approximate surface area is 126 Å². The molecule has 0 aromatic heterocycles. The first-order valence-corrected chi connectivity index (χ1v) is 8.32. The lowest BCUT2D eigenvalue weighted by Crippen LogP contribution is -2.03. The van der Waals surface area contributed by atoms with Gasteiger partial charge in [-0.2, -0.15) is 11.8 Å². The fraction of sp³-hybridized carbons (Fsp3) is 0.529. The van der Waals surface area contributed by atoms with Crippen LogP contribution >= 0.6 is 11.8 Å². The monoisotopic (exact) mass is 292 g/mol. The van der Waals surface area contributed by atoms with Gasteiger partial charge in [0.2, 0.25) is 0 Å². The molecule has 0 fully saturated rings. The third-order valence-electron chi connectivity index (χ3n) is 2.92.